The average molecular weight is 306 g/mol. The normalized spacial score (nSPS) is 15.5. The highest BCUT2D eigenvalue weighted by Gasteiger charge is 2.22. The van der Waals surface area contributed by atoms with E-state index in [9.17, 15) is 4.79 Å². The Hall–Kier alpha value is -1.76. The van der Waals surface area contributed by atoms with Gasteiger partial charge < -0.3 is 9.73 Å². The molecule has 3 rings (SSSR count). The number of carbonyl (C=O) groups excluding carboxylic acids is 1. The summed E-state index contributed by atoms with van der Waals surface area (Å²) in [5.74, 6) is 1.65. The number of aromatic nitrogens is 3. The first-order valence-electron chi connectivity index (χ1n) is 7.25. The summed E-state index contributed by atoms with van der Waals surface area (Å²) < 4.78 is 5.66. The molecule has 0 bridgehead atoms. The van der Waals surface area contributed by atoms with E-state index in [1.807, 2.05) is 6.92 Å². The van der Waals surface area contributed by atoms with Crippen molar-refractivity contribution in [2.24, 2.45) is 0 Å². The van der Waals surface area contributed by atoms with Crippen LogP contribution in [0.3, 0.4) is 0 Å². The van der Waals surface area contributed by atoms with Gasteiger partial charge in [-0.15, -0.1) is 21.5 Å². The van der Waals surface area contributed by atoms with Crippen LogP contribution < -0.4 is 5.32 Å². The van der Waals surface area contributed by atoms with E-state index in [0.29, 0.717) is 24.7 Å². The molecule has 6 nitrogen and oxygen atoms in total. The fourth-order valence-corrected chi connectivity index (χ4v) is 3.24. The summed E-state index contributed by atoms with van der Waals surface area (Å²) in [6, 6.07) is 0. The first kappa shape index (κ1) is 14.2. The lowest BCUT2D eigenvalue weighted by molar-refractivity contribution is -0.116. The van der Waals surface area contributed by atoms with E-state index in [0.717, 1.165) is 28.7 Å². The summed E-state index contributed by atoms with van der Waals surface area (Å²) >= 11 is 1.46. The molecule has 0 radical (unpaired) electrons. The lowest BCUT2D eigenvalue weighted by Gasteiger charge is -2.01. The summed E-state index contributed by atoms with van der Waals surface area (Å²) in [6.07, 6.45) is 7.22. The highest BCUT2D eigenvalue weighted by molar-refractivity contribution is 7.15. The second kappa shape index (κ2) is 6.34. The first-order valence-corrected chi connectivity index (χ1v) is 8.07. The van der Waals surface area contributed by atoms with Crippen LogP contribution in [0.5, 0.6) is 0 Å². The van der Waals surface area contributed by atoms with E-state index in [4.69, 9.17) is 4.42 Å². The molecule has 1 amide bonds. The topological polar surface area (TPSA) is 80.9 Å². The Morgan fingerprint density at radius 2 is 2.24 bits per heavy atom. The predicted octanol–water partition coefficient (Wildman–Crippen LogP) is 3.06. The molecule has 2 aromatic heterocycles. The number of aryl methyl sites for hydroxylation is 2. The third-order valence-electron chi connectivity index (χ3n) is 3.64. The lowest BCUT2D eigenvalue weighted by Crippen LogP contribution is -2.11. The molecule has 7 heteroatoms. The number of hydrogen-bond acceptors (Lipinski definition) is 6. The van der Waals surface area contributed by atoms with Crippen molar-refractivity contribution in [3.05, 3.63) is 23.0 Å². The average Bonchev–Trinajstić information content (AvgIpc) is 3.17. The van der Waals surface area contributed by atoms with Gasteiger partial charge in [0.2, 0.25) is 17.7 Å². The van der Waals surface area contributed by atoms with Crippen LogP contribution in [-0.4, -0.2) is 21.1 Å². The zero-order chi connectivity index (χ0) is 14.7. The van der Waals surface area contributed by atoms with Gasteiger partial charge in [-0.25, -0.2) is 4.98 Å². The van der Waals surface area contributed by atoms with Gasteiger partial charge in [0.25, 0.3) is 0 Å². The molecule has 0 atom stereocenters. The number of nitrogens with one attached hydrogen (secondary N) is 1. The fourth-order valence-electron chi connectivity index (χ4n) is 2.54. The number of carbonyl (C=O) groups is 1. The summed E-state index contributed by atoms with van der Waals surface area (Å²) in [7, 11) is 0. The highest BCUT2D eigenvalue weighted by Crippen LogP contribution is 2.33. The van der Waals surface area contributed by atoms with Crippen LogP contribution in [-0.2, 0) is 11.2 Å². The molecule has 1 aliphatic carbocycles. The maximum Gasteiger partial charge on any atom is 0.225 e. The molecule has 1 aliphatic rings. The molecule has 21 heavy (non-hydrogen) atoms. The van der Waals surface area contributed by atoms with Gasteiger partial charge in [0, 0.05) is 18.8 Å². The Labute approximate surface area is 127 Å². The Morgan fingerprint density at radius 1 is 1.43 bits per heavy atom. The third-order valence-corrected chi connectivity index (χ3v) is 4.46. The van der Waals surface area contributed by atoms with Crippen LogP contribution in [0.1, 0.15) is 54.8 Å². The molecule has 1 fully saturated rings. The van der Waals surface area contributed by atoms with Crippen molar-refractivity contribution >= 4 is 22.2 Å². The molecule has 1 saturated carbocycles. The quantitative estimate of drug-likeness (QED) is 0.918. The largest absolute Gasteiger partial charge is 0.425 e. The number of thiazole rings is 1. The maximum absolute atomic E-state index is 11.8. The molecule has 2 aromatic rings. The summed E-state index contributed by atoms with van der Waals surface area (Å²) in [4.78, 5) is 15.9. The number of amides is 1. The molecule has 0 aliphatic heterocycles. The van der Waals surface area contributed by atoms with Crippen molar-refractivity contribution in [2.45, 2.75) is 51.4 Å². The van der Waals surface area contributed by atoms with Gasteiger partial charge in [0.15, 0.2) is 0 Å². The molecule has 0 unspecified atom stereocenters. The number of nitrogens with zero attached hydrogens (tertiary/aromatic N) is 3. The van der Waals surface area contributed by atoms with E-state index in [-0.39, 0.29) is 5.91 Å². The van der Waals surface area contributed by atoms with Crippen LogP contribution >= 0.6 is 11.3 Å². The summed E-state index contributed by atoms with van der Waals surface area (Å²) in [5.41, 5.74) is 0. The second-order valence-corrected chi connectivity index (χ2v) is 6.54. The van der Waals surface area contributed by atoms with E-state index < -0.39 is 0 Å². The summed E-state index contributed by atoms with van der Waals surface area (Å²) in [5, 5.41) is 12.7. The Kier molecular flexibility index (Phi) is 4.28. The number of anilines is 1. The molecule has 2 heterocycles. The van der Waals surface area contributed by atoms with Gasteiger partial charge in [0.05, 0.1) is 11.2 Å². The molecule has 0 spiro atoms. The van der Waals surface area contributed by atoms with Crippen molar-refractivity contribution in [2.75, 3.05) is 5.32 Å². The smallest absolute Gasteiger partial charge is 0.225 e. The summed E-state index contributed by atoms with van der Waals surface area (Å²) in [6.45, 7) is 1.91. The minimum atomic E-state index is -0.0562. The predicted molar refractivity (Wildman–Crippen MR) is 79.3 cm³/mol. The molecule has 0 saturated heterocycles. The number of hydrogen-bond donors (Lipinski definition) is 1. The molecule has 0 aromatic carbocycles. The Bertz CT molecular complexity index is 616. The van der Waals surface area contributed by atoms with Gasteiger partial charge in [-0.05, 0) is 19.8 Å². The van der Waals surface area contributed by atoms with Crippen molar-refractivity contribution in [3.63, 3.8) is 0 Å². The maximum atomic E-state index is 11.8. The van der Waals surface area contributed by atoms with Gasteiger partial charge in [-0.3, -0.25) is 4.79 Å². The van der Waals surface area contributed by atoms with Crippen molar-refractivity contribution in [3.8, 4) is 0 Å². The van der Waals surface area contributed by atoms with Crippen LogP contribution in [0.15, 0.2) is 10.6 Å². The van der Waals surface area contributed by atoms with Crippen LogP contribution in [0.25, 0.3) is 0 Å². The van der Waals surface area contributed by atoms with E-state index >= 15 is 0 Å². The van der Waals surface area contributed by atoms with Crippen LogP contribution in [0.2, 0.25) is 0 Å². The number of rotatable bonds is 5. The molecular formula is C14H18N4O2S. The Morgan fingerprint density at radius 3 is 2.95 bits per heavy atom. The van der Waals surface area contributed by atoms with Crippen molar-refractivity contribution < 1.29 is 9.21 Å². The molecule has 112 valence electrons. The van der Waals surface area contributed by atoms with E-state index in [1.165, 1.54) is 24.2 Å². The van der Waals surface area contributed by atoms with Gasteiger partial charge in [0.1, 0.15) is 5.00 Å². The van der Waals surface area contributed by atoms with Crippen LogP contribution in [0.4, 0.5) is 5.00 Å². The lowest BCUT2D eigenvalue weighted by atomic mass is 10.1. The van der Waals surface area contributed by atoms with Gasteiger partial charge >= 0.3 is 0 Å². The fraction of sp³-hybridized carbons (Fsp3) is 0.571. The van der Waals surface area contributed by atoms with Gasteiger partial charge in [-0.2, -0.15) is 0 Å². The molecule has 1 N–H and O–H groups in total. The van der Waals surface area contributed by atoms with Crippen molar-refractivity contribution in [1.29, 1.82) is 0 Å². The second-order valence-electron chi connectivity index (χ2n) is 5.31. The third kappa shape index (κ3) is 3.66. The SMILES string of the molecule is Cc1ncc(NC(=O)CCc2nnc(C3CCCC3)o2)s1. The first-order chi connectivity index (χ1) is 10.2. The van der Waals surface area contributed by atoms with E-state index in [2.05, 4.69) is 20.5 Å². The highest BCUT2D eigenvalue weighted by atomic mass is 32.1. The van der Waals surface area contributed by atoms with Gasteiger partial charge in [-0.1, -0.05) is 12.8 Å². The minimum Gasteiger partial charge on any atom is -0.425 e. The van der Waals surface area contributed by atoms with Crippen molar-refractivity contribution in [1.82, 2.24) is 15.2 Å². The standard InChI is InChI=1S/C14H18N4O2S/c1-9-15-8-13(21-9)16-11(19)6-7-12-17-18-14(20-12)10-4-2-3-5-10/h8,10H,2-7H2,1H3,(H,16,19). The monoisotopic (exact) mass is 306 g/mol. The molecular weight excluding hydrogens is 288 g/mol. The Balaban J connectivity index is 1.49. The zero-order valence-electron chi connectivity index (χ0n) is 12.0. The zero-order valence-corrected chi connectivity index (χ0v) is 12.8. The van der Waals surface area contributed by atoms with Crippen LogP contribution in [0, 0.1) is 6.92 Å². The minimum absolute atomic E-state index is 0.0562. The van der Waals surface area contributed by atoms with E-state index in [1.54, 1.807) is 6.20 Å².